The van der Waals surface area contributed by atoms with Crippen molar-refractivity contribution in [3.63, 3.8) is 0 Å². The number of hydrogen-bond donors (Lipinski definition) is 1. The van der Waals surface area contributed by atoms with Gasteiger partial charge >= 0.3 is 0 Å². The maximum Gasteiger partial charge on any atom is 0.228 e. The van der Waals surface area contributed by atoms with Crippen molar-refractivity contribution in [1.82, 2.24) is 20.2 Å². The Kier molecular flexibility index (Phi) is 4.34. The highest BCUT2D eigenvalue weighted by Gasteiger charge is 2.07. The molecule has 7 heteroatoms. The molecule has 116 valence electrons. The van der Waals surface area contributed by atoms with Crippen LogP contribution in [0.25, 0.3) is 5.69 Å². The van der Waals surface area contributed by atoms with Gasteiger partial charge in [-0.25, -0.2) is 4.68 Å². The second-order valence-corrected chi connectivity index (χ2v) is 5.54. The van der Waals surface area contributed by atoms with Gasteiger partial charge in [0.1, 0.15) is 6.33 Å². The fraction of sp³-hybridized carbons (Fsp3) is 0.125. The molecule has 23 heavy (non-hydrogen) atoms. The monoisotopic (exact) mass is 327 g/mol. The highest BCUT2D eigenvalue weighted by molar-refractivity contribution is 6.33. The van der Waals surface area contributed by atoms with Gasteiger partial charge in [-0.3, -0.25) is 4.79 Å². The molecule has 3 aromatic rings. The predicted molar refractivity (Wildman–Crippen MR) is 87.7 cm³/mol. The van der Waals surface area contributed by atoms with E-state index in [4.69, 9.17) is 11.6 Å². The molecule has 0 radical (unpaired) electrons. The van der Waals surface area contributed by atoms with E-state index in [2.05, 4.69) is 20.8 Å². The lowest BCUT2D eigenvalue weighted by molar-refractivity contribution is -0.115. The van der Waals surface area contributed by atoms with E-state index in [0.717, 1.165) is 16.8 Å². The summed E-state index contributed by atoms with van der Waals surface area (Å²) < 4.78 is 1.55. The molecule has 0 aliphatic heterocycles. The summed E-state index contributed by atoms with van der Waals surface area (Å²) in [5.41, 5.74) is 3.39. The molecule has 0 unspecified atom stereocenters. The second-order valence-electron chi connectivity index (χ2n) is 5.13. The Morgan fingerprint density at radius 2 is 2.00 bits per heavy atom. The molecule has 1 heterocycles. The van der Waals surface area contributed by atoms with E-state index in [1.54, 1.807) is 10.7 Å². The van der Waals surface area contributed by atoms with Gasteiger partial charge in [-0.15, -0.1) is 5.10 Å². The normalized spacial score (nSPS) is 10.5. The number of tetrazole rings is 1. The molecule has 6 nitrogen and oxygen atoms in total. The highest BCUT2D eigenvalue weighted by atomic mass is 35.5. The minimum atomic E-state index is -0.120. The van der Waals surface area contributed by atoms with Crippen molar-refractivity contribution < 1.29 is 4.79 Å². The third kappa shape index (κ3) is 3.73. The molecule has 0 bridgehead atoms. The second kappa shape index (κ2) is 6.58. The summed E-state index contributed by atoms with van der Waals surface area (Å²) >= 11 is 6.12. The summed E-state index contributed by atoms with van der Waals surface area (Å²) in [6.45, 7) is 1.95. The largest absolute Gasteiger partial charge is 0.324 e. The van der Waals surface area contributed by atoms with Crippen LogP contribution in [0.15, 0.2) is 48.8 Å². The number of carbonyl (C=O) groups excluding carboxylic acids is 1. The molecular weight excluding hydrogens is 314 g/mol. The van der Waals surface area contributed by atoms with Crippen LogP contribution < -0.4 is 5.32 Å². The summed E-state index contributed by atoms with van der Waals surface area (Å²) in [5.74, 6) is -0.120. The average molecular weight is 328 g/mol. The molecule has 0 fully saturated rings. The van der Waals surface area contributed by atoms with Gasteiger partial charge in [0.05, 0.1) is 22.8 Å². The standard InChI is InChI=1S/C16H14ClN5O/c1-11-2-7-15(14(17)8-11)19-16(23)9-12-3-5-13(6-4-12)22-10-18-20-21-22/h2-8,10H,9H2,1H3,(H,19,23). The fourth-order valence-corrected chi connectivity index (χ4v) is 2.43. The van der Waals surface area contributed by atoms with Gasteiger partial charge in [-0.2, -0.15) is 0 Å². The van der Waals surface area contributed by atoms with Crippen LogP contribution >= 0.6 is 11.6 Å². The Hall–Kier alpha value is -2.73. The van der Waals surface area contributed by atoms with Crippen LogP contribution in [0.2, 0.25) is 5.02 Å². The third-order valence-electron chi connectivity index (χ3n) is 3.31. The van der Waals surface area contributed by atoms with Crippen molar-refractivity contribution in [2.75, 3.05) is 5.32 Å². The summed E-state index contributed by atoms with van der Waals surface area (Å²) in [6.07, 6.45) is 1.78. The molecule has 1 N–H and O–H groups in total. The molecular formula is C16H14ClN5O. The smallest absolute Gasteiger partial charge is 0.228 e. The Morgan fingerprint density at radius 3 is 2.65 bits per heavy atom. The molecule has 0 aliphatic carbocycles. The highest BCUT2D eigenvalue weighted by Crippen LogP contribution is 2.22. The van der Waals surface area contributed by atoms with Gasteiger partial charge in [0.25, 0.3) is 0 Å². The lowest BCUT2D eigenvalue weighted by Crippen LogP contribution is -2.14. The maximum absolute atomic E-state index is 12.1. The number of nitrogens with one attached hydrogen (secondary N) is 1. The van der Waals surface area contributed by atoms with Crippen molar-refractivity contribution in [2.45, 2.75) is 13.3 Å². The topological polar surface area (TPSA) is 72.7 Å². The predicted octanol–water partition coefficient (Wildman–Crippen LogP) is 2.81. The van der Waals surface area contributed by atoms with Crippen LogP contribution in [0, 0.1) is 6.92 Å². The van der Waals surface area contributed by atoms with Gasteiger partial charge < -0.3 is 5.32 Å². The van der Waals surface area contributed by atoms with E-state index in [9.17, 15) is 4.79 Å². The molecule has 0 atom stereocenters. The number of anilines is 1. The zero-order chi connectivity index (χ0) is 16.2. The van der Waals surface area contributed by atoms with Crippen molar-refractivity contribution in [3.8, 4) is 5.69 Å². The molecule has 0 saturated heterocycles. The van der Waals surface area contributed by atoms with Crippen LogP contribution in [0.3, 0.4) is 0 Å². The van der Waals surface area contributed by atoms with Crippen molar-refractivity contribution in [3.05, 3.63) is 64.9 Å². The number of nitrogens with zero attached hydrogens (tertiary/aromatic N) is 4. The number of rotatable bonds is 4. The Labute approximate surface area is 138 Å². The fourth-order valence-electron chi connectivity index (χ4n) is 2.15. The van der Waals surface area contributed by atoms with Crippen molar-refractivity contribution >= 4 is 23.2 Å². The van der Waals surface area contributed by atoms with E-state index >= 15 is 0 Å². The molecule has 1 amide bonds. The number of aromatic nitrogens is 4. The molecule has 3 rings (SSSR count). The minimum absolute atomic E-state index is 0.120. The van der Waals surface area contributed by atoms with Gasteiger partial charge in [-0.05, 0) is 52.7 Å². The zero-order valence-electron chi connectivity index (χ0n) is 12.4. The van der Waals surface area contributed by atoms with Crippen LogP contribution in [0.5, 0.6) is 0 Å². The van der Waals surface area contributed by atoms with Crippen LogP contribution in [-0.2, 0) is 11.2 Å². The number of aryl methyl sites for hydroxylation is 1. The summed E-state index contributed by atoms with van der Waals surface area (Å²) in [5, 5.41) is 14.3. The Balaban J connectivity index is 1.66. The van der Waals surface area contributed by atoms with Gasteiger partial charge in [-0.1, -0.05) is 29.8 Å². The zero-order valence-corrected chi connectivity index (χ0v) is 13.2. The van der Waals surface area contributed by atoms with Crippen LogP contribution in [0.4, 0.5) is 5.69 Å². The number of hydrogen-bond acceptors (Lipinski definition) is 4. The summed E-state index contributed by atoms with van der Waals surface area (Å²) in [4.78, 5) is 12.1. The lowest BCUT2D eigenvalue weighted by atomic mass is 10.1. The van der Waals surface area contributed by atoms with E-state index in [0.29, 0.717) is 10.7 Å². The van der Waals surface area contributed by atoms with E-state index < -0.39 is 0 Å². The van der Waals surface area contributed by atoms with Gasteiger partial charge in [0.15, 0.2) is 0 Å². The first-order valence-corrected chi connectivity index (χ1v) is 7.38. The summed E-state index contributed by atoms with van der Waals surface area (Å²) in [7, 11) is 0. The van der Waals surface area contributed by atoms with Crippen LogP contribution in [0.1, 0.15) is 11.1 Å². The van der Waals surface area contributed by atoms with E-state index in [-0.39, 0.29) is 12.3 Å². The first kappa shape index (κ1) is 15.2. The SMILES string of the molecule is Cc1ccc(NC(=O)Cc2ccc(-n3cnnn3)cc2)c(Cl)c1. The molecule has 0 saturated carbocycles. The van der Waals surface area contributed by atoms with Crippen LogP contribution in [-0.4, -0.2) is 26.1 Å². The molecule has 2 aromatic carbocycles. The van der Waals surface area contributed by atoms with Crippen molar-refractivity contribution in [1.29, 1.82) is 0 Å². The molecule has 0 spiro atoms. The first-order chi connectivity index (χ1) is 11.1. The lowest BCUT2D eigenvalue weighted by Gasteiger charge is -2.08. The first-order valence-electron chi connectivity index (χ1n) is 7.00. The number of amides is 1. The average Bonchev–Trinajstić information content (AvgIpc) is 3.05. The van der Waals surface area contributed by atoms with Crippen molar-refractivity contribution in [2.24, 2.45) is 0 Å². The molecule has 1 aromatic heterocycles. The summed E-state index contributed by atoms with van der Waals surface area (Å²) in [6, 6.07) is 13.0. The number of halogens is 1. The number of carbonyl (C=O) groups is 1. The minimum Gasteiger partial charge on any atom is -0.324 e. The Morgan fingerprint density at radius 1 is 1.22 bits per heavy atom. The van der Waals surface area contributed by atoms with E-state index in [1.807, 2.05) is 43.3 Å². The maximum atomic E-state index is 12.1. The van der Waals surface area contributed by atoms with E-state index in [1.165, 1.54) is 6.33 Å². The van der Waals surface area contributed by atoms with Gasteiger partial charge in [0, 0.05) is 0 Å². The van der Waals surface area contributed by atoms with Gasteiger partial charge in [0.2, 0.25) is 5.91 Å². The Bertz CT molecular complexity index is 815. The third-order valence-corrected chi connectivity index (χ3v) is 3.63. The molecule has 0 aliphatic rings. The number of benzene rings is 2. The quantitative estimate of drug-likeness (QED) is 0.799.